The fourth-order valence-electron chi connectivity index (χ4n) is 6.21. The van der Waals surface area contributed by atoms with Crippen LogP contribution in [0.1, 0.15) is 49.7 Å². The molecule has 176 valence electrons. The maximum absolute atomic E-state index is 13.9. The Morgan fingerprint density at radius 1 is 1.03 bits per heavy atom. The number of carbonyl (C=O) groups excluding carboxylic acids is 3. The Morgan fingerprint density at radius 3 is 2.68 bits per heavy atom. The van der Waals surface area contributed by atoms with E-state index in [-0.39, 0.29) is 49.9 Å². The van der Waals surface area contributed by atoms with Gasteiger partial charge in [0.05, 0.1) is 12.0 Å². The first kappa shape index (κ1) is 21.2. The van der Waals surface area contributed by atoms with Crippen LogP contribution in [0.4, 0.5) is 0 Å². The summed E-state index contributed by atoms with van der Waals surface area (Å²) in [4.78, 5) is 44.0. The SMILES string of the molecule is O=C1CC(CC(=O)N2CC3CCCC2C3)(c2ccccc2)C(=O)N1Cc1ccc2c(c1)OCO2. The van der Waals surface area contributed by atoms with Crippen LogP contribution in [0.5, 0.6) is 11.5 Å². The summed E-state index contributed by atoms with van der Waals surface area (Å²) in [6.07, 6.45) is 4.46. The maximum atomic E-state index is 13.9. The second kappa shape index (κ2) is 8.15. The molecule has 34 heavy (non-hydrogen) atoms. The molecule has 0 N–H and O–H groups in total. The van der Waals surface area contributed by atoms with Crippen molar-refractivity contribution in [3.8, 4) is 11.5 Å². The Kier molecular flexibility index (Phi) is 5.08. The van der Waals surface area contributed by atoms with Gasteiger partial charge in [-0.25, -0.2) is 0 Å². The summed E-state index contributed by atoms with van der Waals surface area (Å²) >= 11 is 0. The number of benzene rings is 2. The smallest absolute Gasteiger partial charge is 0.241 e. The normalized spacial score (nSPS) is 27.5. The van der Waals surface area contributed by atoms with Gasteiger partial charge in [-0.2, -0.15) is 0 Å². The van der Waals surface area contributed by atoms with Crippen molar-refractivity contribution in [1.82, 2.24) is 9.80 Å². The van der Waals surface area contributed by atoms with E-state index in [1.807, 2.05) is 41.3 Å². The lowest BCUT2D eigenvalue weighted by molar-refractivity contribution is -0.143. The summed E-state index contributed by atoms with van der Waals surface area (Å²) in [7, 11) is 0. The lowest BCUT2D eigenvalue weighted by Crippen LogP contribution is -2.44. The number of carbonyl (C=O) groups is 3. The van der Waals surface area contributed by atoms with Gasteiger partial charge < -0.3 is 14.4 Å². The summed E-state index contributed by atoms with van der Waals surface area (Å²) in [6.45, 7) is 1.08. The number of ether oxygens (including phenoxy) is 2. The molecule has 4 aliphatic rings. The third kappa shape index (κ3) is 3.45. The zero-order valence-electron chi connectivity index (χ0n) is 19.1. The summed E-state index contributed by atoms with van der Waals surface area (Å²) in [5.74, 6) is 1.28. The van der Waals surface area contributed by atoms with E-state index in [1.165, 1.54) is 11.3 Å². The number of hydrogen-bond acceptors (Lipinski definition) is 5. The molecule has 3 aliphatic heterocycles. The zero-order valence-corrected chi connectivity index (χ0v) is 19.1. The van der Waals surface area contributed by atoms with Crippen molar-refractivity contribution >= 4 is 17.7 Å². The van der Waals surface area contributed by atoms with Crippen LogP contribution in [-0.2, 0) is 26.3 Å². The van der Waals surface area contributed by atoms with Crippen molar-refractivity contribution in [2.24, 2.45) is 5.92 Å². The molecule has 3 fully saturated rings. The highest BCUT2D eigenvalue weighted by Crippen LogP contribution is 2.43. The predicted molar refractivity (Wildman–Crippen MR) is 123 cm³/mol. The summed E-state index contributed by atoms with van der Waals surface area (Å²) in [5, 5.41) is 0. The van der Waals surface area contributed by atoms with Gasteiger partial charge in [0.1, 0.15) is 0 Å². The van der Waals surface area contributed by atoms with Crippen LogP contribution in [0.15, 0.2) is 48.5 Å². The quantitative estimate of drug-likeness (QED) is 0.640. The van der Waals surface area contributed by atoms with Crippen LogP contribution in [-0.4, -0.2) is 46.9 Å². The van der Waals surface area contributed by atoms with E-state index in [1.54, 1.807) is 12.1 Å². The highest BCUT2D eigenvalue weighted by atomic mass is 16.7. The first-order valence-electron chi connectivity index (χ1n) is 12.1. The second-order valence-electron chi connectivity index (χ2n) is 10.0. The second-order valence-corrected chi connectivity index (χ2v) is 10.0. The minimum atomic E-state index is -1.16. The van der Waals surface area contributed by atoms with Crippen molar-refractivity contribution in [3.63, 3.8) is 0 Å². The molecule has 7 heteroatoms. The van der Waals surface area contributed by atoms with E-state index >= 15 is 0 Å². The fourth-order valence-corrected chi connectivity index (χ4v) is 6.21. The molecule has 7 nitrogen and oxygen atoms in total. The van der Waals surface area contributed by atoms with Crippen molar-refractivity contribution in [3.05, 3.63) is 59.7 Å². The minimum Gasteiger partial charge on any atom is -0.454 e. The zero-order chi connectivity index (χ0) is 23.3. The Hall–Kier alpha value is -3.35. The molecule has 2 aromatic carbocycles. The van der Waals surface area contributed by atoms with E-state index in [9.17, 15) is 14.4 Å². The lowest BCUT2D eigenvalue weighted by Gasteiger charge is -2.31. The molecule has 6 rings (SSSR count). The molecule has 1 saturated carbocycles. The summed E-state index contributed by atoms with van der Waals surface area (Å²) in [6, 6.07) is 15.1. The minimum absolute atomic E-state index is 0.00801. The van der Waals surface area contributed by atoms with E-state index < -0.39 is 5.41 Å². The van der Waals surface area contributed by atoms with Gasteiger partial charge in [-0.3, -0.25) is 19.3 Å². The first-order valence-corrected chi connectivity index (χ1v) is 12.1. The third-order valence-corrected chi connectivity index (χ3v) is 7.94. The lowest BCUT2D eigenvalue weighted by atomic mass is 9.75. The van der Waals surface area contributed by atoms with Gasteiger partial charge in [0.15, 0.2) is 11.5 Å². The van der Waals surface area contributed by atoms with Gasteiger partial charge in [-0.1, -0.05) is 42.8 Å². The Labute approximate surface area is 198 Å². The number of amides is 3. The molecular formula is C27H28N2O5. The molecular weight excluding hydrogens is 432 g/mol. The average Bonchev–Trinajstić information content (AvgIpc) is 3.50. The van der Waals surface area contributed by atoms with Crippen LogP contribution in [0.2, 0.25) is 0 Å². The highest BCUT2D eigenvalue weighted by molar-refractivity contribution is 6.10. The van der Waals surface area contributed by atoms with Gasteiger partial charge in [-0.15, -0.1) is 0 Å². The standard InChI is InChI=1S/C27H28N2O5/c30-24(28-15-18-5-4-8-21(28)11-18)13-27(20-6-2-1-3-7-20)14-25(31)29(26(27)32)16-19-9-10-22-23(12-19)34-17-33-22/h1-3,6-7,9-10,12,18,21H,4-5,8,11,13-17H2. The maximum Gasteiger partial charge on any atom is 0.241 e. The average molecular weight is 461 g/mol. The summed E-state index contributed by atoms with van der Waals surface area (Å²) in [5.41, 5.74) is 0.356. The van der Waals surface area contributed by atoms with Gasteiger partial charge in [0.2, 0.25) is 24.5 Å². The molecule has 3 unspecified atom stereocenters. The number of nitrogens with zero attached hydrogens (tertiary/aromatic N) is 2. The number of imide groups is 1. The van der Waals surface area contributed by atoms with E-state index in [0.717, 1.165) is 36.9 Å². The fraction of sp³-hybridized carbons (Fsp3) is 0.444. The third-order valence-electron chi connectivity index (χ3n) is 7.94. The molecule has 2 bridgehead atoms. The van der Waals surface area contributed by atoms with Crippen molar-refractivity contribution in [2.75, 3.05) is 13.3 Å². The molecule has 3 amide bonds. The highest BCUT2D eigenvalue weighted by Gasteiger charge is 2.54. The van der Waals surface area contributed by atoms with E-state index in [0.29, 0.717) is 17.4 Å². The Bertz CT molecular complexity index is 1150. The Balaban J connectivity index is 1.29. The predicted octanol–water partition coefficient (Wildman–Crippen LogP) is 3.40. The molecule has 0 spiro atoms. The molecule has 0 radical (unpaired) electrons. The topological polar surface area (TPSA) is 76.2 Å². The molecule has 3 heterocycles. The van der Waals surface area contributed by atoms with E-state index in [4.69, 9.17) is 9.47 Å². The van der Waals surface area contributed by atoms with Crippen molar-refractivity contribution in [2.45, 2.75) is 56.5 Å². The van der Waals surface area contributed by atoms with Crippen LogP contribution < -0.4 is 9.47 Å². The number of likely N-dealkylation sites (tertiary alicyclic amines) is 2. The van der Waals surface area contributed by atoms with Crippen molar-refractivity contribution in [1.29, 1.82) is 0 Å². The number of rotatable bonds is 5. The van der Waals surface area contributed by atoms with E-state index in [2.05, 4.69) is 0 Å². The van der Waals surface area contributed by atoms with Crippen molar-refractivity contribution < 1.29 is 23.9 Å². The van der Waals surface area contributed by atoms with Crippen LogP contribution in [0.3, 0.4) is 0 Å². The molecule has 3 atom stereocenters. The van der Waals surface area contributed by atoms with Gasteiger partial charge in [0, 0.05) is 25.4 Å². The molecule has 2 saturated heterocycles. The van der Waals surface area contributed by atoms with Gasteiger partial charge >= 0.3 is 0 Å². The number of hydrogen-bond donors (Lipinski definition) is 0. The molecule has 2 aromatic rings. The van der Waals surface area contributed by atoms with Gasteiger partial charge in [-0.05, 0) is 48.4 Å². The summed E-state index contributed by atoms with van der Waals surface area (Å²) < 4.78 is 10.8. The molecule has 1 aliphatic carbocycles. The van der Waals surface area contributed by atoms with Crippen LogP contribution >= 0.6 is 0 Å². The largest absolute Gasteiger partial charge is 0.454 e. The van der Waals surface area contributed by atoms with Crippen LogP contribution in [0, 0.1) is 5.92 Å². The number of fused-ring (bicyclic) bond motifs is 3. The first-order chi connectivity index (χ1) is 16.5. The van der Waals surface area contributed by atoms with Gasteiger partial charge in [0.25, 0.3) is 0 Å². The molecule has 0 aromatic heterocycles. The van der Waals surface area contributed by atoms with Crippen LogP contribution in [0.25, 0.3) is 0 Å². The Morgan fingerprint density at radius 2 is 1.85 bits per heavy atom. The monoisotopic (exact) mass is 460 g/mol.